The van der Waals surface area contributed by atoms with Gasteiger partial charge in [0.1, 0.15) is 6.61 Å². The summed E-state index contributed by atoms with van der Waals surface area (Å²) in [7, 11) is 0. The molecule has 1 aromatic rings. The third-order valence-corrected chi connectivity index (χ3v) is 6.86. The number of halogens is 1. The van der Waals surface area contributed by atoms with Crippen molar-refractivity contribution in [1.29, 1.82) is 0 Å². The Morgan fingerprint density at radius 3 is 2.76 bits per heavy atom. The van der Waals surface area contributed by atoms with E-state index in [1.807, 2.05) is 6.92 Å². The number of allylic oxidation sites excluding steroid dienone is 3. The first-order valence-electron chi connectivity index (χ1n) is 11.8. The summed E-state index contributed by atoms with van der Waals surface area (Å²) in [5.41, 5.74) is 2.73. The summed E-state index contributed by atoms with van der Waals surface area (Å²) in [6.45, 7) is 8.89. The first-order valence-corrected chi connectivity index (χ1v) is 12.2. The van der Waals surface area contributed by atoms with Crippen molar-refractivity contribution in [1.82, 2.24) is 5.32 Å². The molecule has 0 saturated carbocycles. The fraction of sp³-hybridized carbons (Fsp3) is 0.538. The summed E-state index contributed by atoms with van der Waals surface area (Å²) < 4.78 is 16.8. The van der Waals surface area contributed by atoms with Crippen molar-refractivity contribution >= 4 is 23.4 Å². The molecule has 0 bridgehead atoms. The number of dihydropyridines is 1. The van der Waals surface area contributed by atoms with Gasteiger partial charge in [0.05, 0.1) is 23.3 Å². The molecule has 0 spiro atoms. The van der Waals surface area contributed by atoms with Crippen LogP contribution >= 0.6 is 11.6 Å². The Kier molecular flexibility index (Phi) is 6.97. The summed E-state index contributed by atoms with van der Waals surface area (Å²) in [5.74, 6) is -1.18. The fourth-order valence-electron chi connectivity index (χ4n) is 5.09. The van der Waals surface area contributed by atoms with E-state index < -0.39 is 11.9 Å². The number of esters is 1. The second kappa shape index (κ2) is 9.62. The van der Waals surface area contributed by atoms with Gasteiger partial charge in [-0.2, -0.15) is 0 Å². The third kappa shape index (κ3) is 4.82. The average molecular weight is 490 g/mol. The van der Waals surface area contributed by atoms with Gasteiger partial charge < -0.3 is 24.6 Å². The number of hydrogen-bond donors (Lipinski definition) is 2. The van der Waals surface area contributed by atoms with Crippen LogP contribution < -0.4 is 10.1 Å². The molecule has 34 heavy (non-hydrogen) atoms. The summed E-state index contributed by atoms with van der Waals surface area (Å²) in [6.07, 6.45) is 2.72. The van der Waals surface area contributed by atoms with Crippen molar-refractivity contribution in [3.05, 3.63) is 45.3 Å². The van der Waals surface area contributed by atoms with Crippen LogP contribution in [-0.4, -0.2) is 42.8 Å². The molecular weight excluding hydrogens is 458 g/mol. The van der Waals surface area contributed by atoms with Gasteiger partial charge in [0.2, 0.25) is 0 Å². The molecular formula is C26H32ClNO6. The number of benzene rings is 1. The number of Topliss-reactive ketones (excluding diaryl/α,β-unsaturated/α-hetero) is 1. The molecule has 184 valence electrons. The number of carbonyl (C=O) groups excluding carboxylic acids is 2. The van der Waals surface area contributed by atoms with Crippen LogP contribution in [0, 0.1) is 5.41 Å². The quantitative estimate of drug-likeness (QED) is 0.556. The number of ketones is 1. The van der Waals surface area contributed by atoms with Gasteiger partial charge in [-0.05, 0) is 56.2 Å². The largest absolute Gasteiger partial charge is 0.503 e. The van der Waals surface area contributed by atoms with E-state index in [1.165, 1.54) is 0 Å². The zero-order valence-electron chi connectivity index (χ0n) is 20.1. The summed E-state index contributed by atoms with van der Waals surface area (Å²) in [6, 6.07) is 3.24. The molecule has 0 unspecified atom stereocenters. The Morgan fingerprint density at radius 1 is 1.32 bits per heavy atom. The topological polar surface area (TPSA) is 94.1 Å². The van der Waals surface area contributed by atoms with Crippen molar-refractivity contribution < 1.29 is 28.9 Å². The number of rotatable bonds is 6. The maximum Gasteiger partial charge on any atom is 0.336 e. The molecule has 4 rings (SSSR count). The zero-order chi connectivity index (χ0) is 24.6. The first-order chi connectivity index (χ1) is 16.1. The number of carbonyl (C=O) groups is 2. The molecule has 1 aromatic carbocycles. The molecule has 1 saturated heterocycles. The highest BCUT2D eigenvalue weighted by atomic mass is 35.5. The number of phenolic OH excluding ortho intramolecular Hbond substituents is 1. The molecule has 1 fully saturated rings. The monoisotopic (exact) mass is 489 g/mol. The fourth-order valence-corrected chi connectivity index (χ4v) is 5.31. The summed E-state index contributed by atoms with van der Waals surface area (Å²) in [5, 5.41) is 13.8. The van der Waals surface area contributed by atoms with Crippen LogP contribution in [0.3, 0.4) is 0 Å². The van der Waals surface area contributed by atoms with Crippen molar-refractivity contribution in [2.75, 3.05) is 19.8 Å². The Bertz CT molecular complexity index is 1070. The Labute approximate surface area is 205 Å². The number of ether oxygens (including phenoxy) is 3. The van der Waals surface area contributed by atoms with Crippen LogP contribution in [0.4, 0.5) is 0 Å². The van der Waals surface area contributed by atoms with Crippen molar-refractivity contribution in [2.24, 2.45) is 5.41 Å². The van der Waals surface area contributed by atoms with E-state index in [9.17, 15) is 14.7 Å². The minimum Gasteiger partial charge on any atom is -0.503 e. The van der Waals surface area contributed by atoms with Gasteiger partial charge >= 0.3 is 5.97 Å². The molecule has 1 aliphatic carbocycles. The Morgan fingerprint density at radius 2 is 2.09 bits per heavy atom. The highest BCUT2D eigenvalue weighted by Gasteiger charge is 2.43. The van der Waals surface area contributed by atoms with Gasteiger partial charge in [0.15, 0.2) is 17.3 Å². The van der Waals surface area contributed by atoms with Gasteiger partial charge in [-0.1, -0.05) is 25.4 Å². The van der Waals surface area contributed by atoms with E-state index in [0.29, 0.717) is 48.5 Å². The second-order valence-electron chi connectivity index (χ2n) is 9.95. The molecule has 0 aromatic heterocycles. The smallest absolute Gasteiger partial charge is 0.336 e. The standard InChI is InChI=1S/C26H32ClNO6/c1-5-32-20-10-15(9-17(27)24(20)30)22-21(25(31)34-13-16-7-6-8-33-16)14(2)28-18-11-26(3,4)12-19(29)23(18)22/h9-10,16,22,28,30H,5-8,11-13H2,1-4H3/t16-,22-/m0/s1. The van der Waals surface area contributed by atoms with E-state index >= 15 is 0 Å². The lowest BCUT2D eigenvalue weighted by Crippen LogP contribution is -2.39. The molecule has 3 aliphatic rings. The van der Waals surface area contributed by atoms with E-state index in [0.717, 1.165) is 18.5 Å². The van der Waals surface area contributed by atoms with Crippen LogP contribution in [0.25, 0.3) is 0 Å². The van der Waals surface area contributed by atoms with Crippen LogP contribution in [0.2, 0.25) is 5.02 Å². The lowest BCUT2D eigenvalue weighted by Gasteiger charge is -2.39. The Hall–Kier alpha value is -2.51. The predicted octanol–water partition coefficient (Wildman–Crippen LogP) is 4.77. The van der Waals surface area contributed by atoms with Crippen LogP contribution in [0.5, 0.6) is 11.5 Å². The summed E-state index contributed by atoms with van der Waals surface area (Å²) >= 11 is 6.35. The van der Waals surface area contributed by atoms with Gasteiger partial charge in [-0.25, -0.2) is 4.79 Å². The normalized spacial score (nSPS) is 24.1. The average Bonchev–Trinajstić information content (AvgIpc) is 3.27. The predicted molar refractivity (Wildman–Crippen MR) is 128 cm³/mol. The van der Waals surface area contributed by atoms with Gasteiger partial charge in [0, 0.05) is 35.9 Å². The maximum absolute atomic E-state index is 13.4. The number of hydrogen-bond acceptors (Lipinski definition) is 7. The lowest BCUT2D eigenvalue weighted by molar-refractivity contribution is -0.142. The second-order valence-corrected chi connectivity index (χ2v) is 10.4. The minimum absolute atomic E-state index is 0.0252. The van der Waals surface area contributed by atoms with E-state index in [-0.39, 0.29) is 40.4 Å². The molecule has 0 amide bonds. The lowest BCUT2D eigenvalue weighted by atomic mass is 9.68. The molecule has 2 atom stereocenters. The molecule has 2 aliphatic heterocycles. The zero-order valence-corrected chi connectivity index (χ0v) is 20.9. The van der Waals surface area contributed by atoms with Gasteiger partial charge in [-0.3, -0.25) is 4.79 Å². The van der Waals surface area contributed by atoms with Crippen LogP contribution in [0.15, 0.2) is 34.7 Å². The molecule has 7 nitrogen and oxygen atoms in total. The van der Waals surface area contributed by atoms with Crippen LogP contribution in [-0.2, 0) is 19.1 Å². The molecule has 0 radical (unpaired) electrons. The highest BCUT2D eigenvalue weighted by molar-refractivity contribution is 6.32. The molecule has 2 N–H and O–H groups in total. The van der Waals surface area contributed by atoms with Crippen molar-refractivity contribution in [2.45, 2.75) is 65.4 Å². The van der Waals surface area contributed by atoms with Gasteiger partial charge in [0.25, 0.3) is 0 Å². The van der Waals surface area contributed by atoms with Crippen molar-refractivity contribution in [3.8, 4) is 11.5 Å². The molecule has 8 heteroatoms. The maximum atomic E-state index is 13.4. The molecule has 2 heterocycles. The van der Waals surface area contributed by atoms with E-state index in [4.69, 9.17) is 25.8 Å². The van der Waals surface area contributed by atoms with Crippen molar-refractivity contribution in [3.63, 3.8) is 0 Å². The number of nitrogens with one attached hydrogen (secondary N) is 1. The number of phenols is 1. The third-order valence-electron chi connectivity index (χ3n) is 6.57. The summed E-state index contributed by atoms with van der Waals surface area (Å²) in [4.78, 5) is 26.8. The van der Waals surface area contributed by atoms with Gasteiger partial charge in [-0.15, -0.1) is 0 Å². The number of aromatic hydroxyl groups is 1. The van der Waals surface area contributed by atoms with E-state index in [1.54, 1.807) is 19.1 Å². The minimum atomic E-state index is -0.686. The first kappa shape index (κ1) is 24.6. The Balaban J connectivity index is 1.79. The van der Waals surface area contributed by atoms with Crippen LogP contribution in [0.1, 0.15) is 64.9 Å². The highest BCUT2D eigenvalue weighted by Crippen LogP contribution is 2.49. The van der Waals surface area contributed by atoms with E-state index in [2.05, 4.69) is 19.2 Å². The SMILES string of the molecule is CCOc1cc([C@H]2C(C(=O)OC[C@@H]3CCCO3)=C(C)NC3=C2C(=O)CC(C)(C)C3)cc(Cl)c1O.